The number of hydrogen-bond acceptors (Lipinski definition) is 5. The molecule has 1 atom stereocenters. The van der Waals surface area contributed by atoms with Gasteiger partial charge in [0, 0.05) is 7.05 Å². The van der Waals surface area contributed by atoms with E-state index >= 15 is 0 Å². The fourth-order valence-electron chi connectivity index (χ4n) is 2.55. The van der Waals surface area contributed by atoms with Gasteiger partial charge in [-0.3, -0.25) is 18.8 Å². The second-order valence-electron chi connectivity index (χ2n) is 5.71. The fraction of sp³-hybridized carbons (Fsp3) is 0.235. The number of fused-ring (bicyclic) bond motifs is 1. The number of nitriles is 1. The van der Waals surface area contributed by atoms with Crippen LogP contribution in [0.25, 0.3) is 11.0 Å². The van der Waals surface area contributed by atoms with E-state index in [-0.39, 0.29) is 24.1 Å². The van der Waals surface area contributed by atoms with Crippen LogP contribution in [0.2, 0.25) is 0 Å². The maximum atomic E-state index is 12.4. The molecule has 2 aromatic heterocycles. The third kappa shape index (κ3) is 3.26. The van der Waals surface area contributed by atoms with Gasteiger partial charge in [-0.05, 0) is 24.6 Å². The van der Waals surface area contributed by atoms with E-state index in [0.29, 0.717) is 16.6 Å². The first kappa shape index (κ1) is 16.4. The van der Waals surface area contributed by atoms with E-state index in [1.807, 2.05) is 13.0 Å². The lowest BCUT2D eigenvalue weighted by Gasteiger charge is -2.15. The number of aromatic nitrogens is 4. The van der Waals surface area contributed by atoms with E-state index in [9.17, 15) is 9.59 Å². The van der Waals surface area contributed by atoms with Crippen molar-refractivity contribution in [3.8, 4) is 6.07 Å². The van der Waals surface area contributed by atoms with Crippen molar-refractivity contribution in [3.63, 3.8) is 0 Å². The molecule has 0 radical (unpaired) electrons. The van der Waals surface area contributed by atoms with Crippen LogP contribution in [-0.4, -0.2) is 25.2 Å². The second-order valence-corrected chi connectivity index (χ2v) is 5.71. The molecule has 1 unspecified atom stereocenters. The Morgan fingerprint density at radius 2 is 2.08 bits per heavy atom. The molecule has 2 heterocycles. The Labute approximate surface area is 143 Å². The number of hydrogen-bond donors (Lipinski definition) is 1. The van der Waals surface area contributed by atoms with Gasteiger partial charge in [0.1, 0.15) is 18.3 Å². The highest BCUT2D eigenvalue weighted by Gasteiger charge is 2.13. The Hall–Kier alpha value is -3.47. The van der Waals surface area contributed by atoms with E-state index in [2.05, 4.69) is 15.4 Å². The van der Waals surface area contributed by atoms with Gasteiger partial charge in [-0.1, -0.05) is 12.1 Å². The zero-order valence-electron chi connectivity index (χ0n) is 13.8. The molecule has 0 saturated carbocycles. The Kier molecular flexibility index (Phi) is 4.31. The zero-order valence-corrected chi connectivity index (χ0v) is 13.8. The maximum Gasteiger partial charge on any atom is 0.264 e. The average molecular weight is 336 g/mol. The molecule has 25 heavy (non-hydrogen) atoms. The summed E-state index contributed by atoms with van der Waals surface area (Å²) < 4.78 is 2.76. The summed E-state index contributed by atoms with van der Waals surface area (Å²) in [6.07, 6.45) is 2.79. The Bertz CT molecular complexity index is 1030. The number of nitrogens with one attached hydrogen (secondary N) is 1. The fourth-order valence-corrected chi connectivity index (χ4v) is 2.55. The topological polar surface area (TPSA) is 106 Å². The highest BCUT2D eigenvalue weighted by Crippen LogP contribution is 2.13. The van der Waals surface area contributed by atoms with E-state index in [4.69, 9.17) is 5.26 Å². The van der Waals surface area contributed by atoms with Crippen molar-refractivity contribution in [1.29, 1.82) is 5.26 Å². The number of benzene rings is 1. The maximum absolute atomic E-state index is 12.4. The first-order valence-electron chi connectivity index (χ1n) is 7.66. The van der Waals surface area contributed by atoms with Gasteiger partial charge in [0.2, 0.25) is 5.91 Å². The first-order chi connectivity index (χ1) is 12.0. The van der Waals surface area contributed by atoms with Gasteiger partial charge in [-0.15, -0.1) is 0 Å². The predicted octanol–water partition coefficient (Wildman–Crippen LogP) is 0.879. The van der Waals surface area contributed by atoms with E-state index in [0.717, 1.165) is 5.56 Å². The van der Waals surface area contributed by atoms with Crippen molar-refractivity contribution in [3.05, 3.63) is 58.3 Å². The van der Waals surface area contributed by atoms with Crippen LogP contribution in [0.3, 0.4) is 0 Å². The summed E-state index contributed by atoms with van der Waals surface area (Å²) in [6.45, 7) is 1.71. The number of carbonyl (C=O) groups is 1. The van der Waals surface area contributed by atoms with E-state index < -0.39 is 0 Å². The van der Waals surface area contributed by atoms with Gasteiger partial charge < -0.3 is 5.32 Å². The van der Waals surface area contributed by atoms with Gasteiger partial charge in [-0.2, -0.15) is 10.4 Å². The molecule has 0 saturated heterocycles. The number of nitrogens with zero attached hydrogens (tertiary/aromatic N) is 5. The summed E-state index contributed by atoms with van der Waals surface area (Å²) in [6, 6.07) is 8.78. The molecule has 0 aliphatic rings. The predicted molar refractivity (Wildman–Crippen MR) is 90.5 cm³/mol. The summed E-state index contributed by atoms with van der Waals surface area (Å²) in [4.78, 5) is 28.8. The Balaban J connectivity index is 1.73. The molecule has 0 aliphatic carbocycles. The standard InChI is InChI=1S/C17H16N6O2/c1-11(13-5-3-12(7-18)4-6-13)21-15(24)9-23-10-19-16-14(17(23)25)8-20-22(16)2/h3-6,8,10-11H,9H2,1-2H3,(H,21,24). The highest BCUT2D eigenvalue weighted by atomic mass is 16.2. The van der Waals surface area contributed by atoms with Crippen LogP contribution in [0.4, 0.5) is 0 Å². The minimum absolute atomic E-state index is 0.128. The molecule has 1 aromatic carbocycles. The van der Waals surface area contributed by atoms with Gasteiger partial charge in [-0.25, -0.2) is 4.98 Å². The molecular formula is C17H16N6O2. The third-order valence-corrected chi connectivity index (χ3v) is 3.95. The molecule has 8 heteroatoms. The monoisotopic (exact) mass is 336 g/mol. The molecule has 0 aliphatic heterocycles. The van der Waals surface area contributed by atoms with Crippen molar-refractivity contribution in [2.24, 2.45) is 7.05 Å². The quantitative estimate of drug-likeness (QED) is 0.761. The number of carbonyl (C=O) groups excluding carboxylic acids is 1. The summed E-state index contributed by atoms with van der Waals surface area (Å²) in [5.74, 6) is -0.302. The lowest BCUT2D eigenvalue weighted by atomic mass is 10.1. The van der Waals surface area contributed by atoms with E-state index in [1.165, 1.54) is 21.8 Å². The molecule has 126 valence electrons. The van der Waals surface area contributed by atoms with Crippen molar-refractivity contribution in [2.45, 2.75) is 19.5 Å². The van der Waals surface area contributed by atoms with E-state index in [1.54, 1.807) is 31.3 Å². The molecule has 8 nitrogen and oxygen atoms in total. The molecule has 1 amide bonds. The number of rotatable bonds is 4. The SMILES string of the molecule is CC(NC(=O)Cn1cnc2c(cnn2C)c1=O)c1ccc(C#N)cc1. The Morgan fingerprint density at radius 3 is 2.76 bits per heavy atom. The van der Waals surface area contributed by atoms with Crippen LogP contribution in [-0.2, 0) is 18.4 Å². The molecule has 1 N–H and O–H groups in total. The second kappa shape index (κ2) is 6.57. The molecular weight excluding hydrogens is 320 g/mol. The lowest BCUT2D eigenvalue weighted by molar-refractivity contribution is -0.122. The van der Waals surface area contributed by atoms with Gasteiger partial charge >= 0.3 is 0 Å². The van der Waals surface area contributed by atoms with Crippen LogP contribution in [0.15, 0.2) is 41.6 Å². The third-order valence-electron chi connectivity index (χ3n) is 3.95. The largest absolute Gasteiger partial charge is 0.348 e. The van der Waals surface area contributed by atoms with Gasteiger partial charge in [0.15, 0.2) is 5.65 Å². The average Bonchev–Trinajstić information content (AvgIpc) is 2.99. The van der Waals surface area contributed by atoms with Crippen LogP contribution < -0.4 is 10.9 Å². The molecule has 0 spiro atoms. The Morgan fingerprint density at radius 1 is 1.36 bits per heavy atom. The zero-order chi connectivity index (χ0) is 18.0. The molecule has 3 rings (SSSR count). The van der Waals surface area contributed by atoms with Crippen LogP contribution >= 0.6 is 0 Å². The van der Waals surface area contributed by atoms with Gasteiger partial charge in [0.05, 0.1) is 23.9 Å². The summed E-state index contributed by atoms with van der Waals surface area (Å²) in [7, 11) is 1.70. The molecule has 0 fully saturated rings. The van der Waals surface area contributed by atoms with Crippen molar-refractivity contribution in [2.75, 3.05) is 0 Å². The first-order valence-corrected chi connectivity index (χ1v) is 7.66. The van der Waals surface area contributed by atoms with Gasteiger partial charge in [0.25, 0.3) is 5.56 Å². The summed E-state index contributed by atoms with van der Waals surface area (Å²) in [5, 5.41) is 16.0. The minimum Gasteiger partial charge on any atom is -0.348 e. The van der Waals surface area contributed by atoms with Crippen LogP contribution in [0.1, 0.15) is 24.1 Å². The highest BCUT2D eigenvalue weighted by molar-refractivity contribution is 5.77. The smallest absolute Gasteiger partial charge is 0.264 e. The summed E-state index contributed by atoms with van der Waals surface area (Å²) >= 11 is 0. The minimum atomic E-state index is -0.306. The number of aryl methyl sites for hydroxylation is 1. The van der Waals surface area contributed by atoms with Crippen LogP contribution in [0.5, 0.6) is 0 Å². The van der Waals surface area contributed by atoms with Crippen molar-refractivity contribution in [1.82, 2.24) is 24.6 Å². The molecule has 0 bridgehead atoms. The van der Waals surface area contributed by atoms with Crippen molar-refractivity contribution >= 4 is 16.9 Å². The lowest BCUT2D eigenvalue weighted by Crippen LogP contribution is -2.33. The normalized spacial score (nSPS) is 11.9. The molecule has 3 aromatic rings. The number of amides is 1. The van der Waals surface area contributed by atoms with Crippen LogP contribution in [0, 0.1) is 11.3 Å². The summed E-state index contributed by atoms with van der Waals surface area (Å²) in [5.41, 5.74) is 1.61. The van der Waals surface area contributed by atoms with Crippen molar-refractivity contribution < 1.29 is 4.79 Å².